The second-order valence-corrected chi connectivity index (χ2v) is 11.4. The van der Waals surface area contributed by atoms with Crippen molar-refractivity contribution in [2.45, 2.75) is 84.5 Å². The van der Waals surface area contributed by atoms with Crippen LogP contribution in [0.2, 0.25) is 0 Å². The average molecular weight is 570 g/mol. The van der Waals surface area contributed by atoms with Crippen molar-refractivity contribution in [2.75, 3.05) is 18.5 Å². The Bertz CT molecular complexity index is 1120. The molecule has 0 aromatic carbocycles. The summed E-state index contributed by atoms with van der Waals surface area (Å²) >= 11 is 0. The smallest absolute Gasteiger partial charge is 0.410 e. The summed E-state index contributed by atoms with van der Waals surface area (Å²) in [4.78, 5) is 43.9. The number of halogens is 3. The Kier molecular flexibility index (Phi) is 9.70. The summed E-state index contributed by atoms with van der Waals surface area (Å²) in [5, 5.41) is 7.38. The molecule has 3 heterocycles. The van der Waals surface area contributed by atoms with Crippen LogP contribution in [0.15, 0.2) is 30.2 Å². The molecular formula is C27H38F3N5O5. The highest BCUT2D eigenvalue weighted by molar-refractivity contribution is 6.01. The van der Waals surface area contributed by atoms with Gasteiger partial charge in [-0.2, -0.15) is 13.2 Å². The number of carbonyl (C=O) groups excluding carboxylic acids is 3. The second-order valence-electron chi connectivity index (χ2n) is 11.4. The minimum atomic E-state index is -4.55. The predicted octanol–water partition coefficient (Wildman–Crippen LogP) is 3.74. The van der Waals surface area contributed by atoms with Crippen LogP contribution in [0.5, 0.6) is 0 Å². The van der Waals surface area contributed by atoms with E-state index >= 15 is 0 Å². The van der Waals surface area contributed by atoms with E-state index in [2.05, 4.69) is 15.6 Å². The van der Waals surface area contributed by atoms with Gasteiger partial charge >= 0.3 is 12.2 Å². The molecule has 0 spiro atoms. The maximum atomic E-state index is 13.4. The van der Waals surface area contributed by atoms with Gasteiger partial charge in [-0.25, -0.2) is 9.78 Å². The number of alkyl halides is 3. The number of amides is 4. The van der Waals surface area contributed by atoms with Crippen molar-refractivity contribution in [1.29, 1.82) is 0 Å². The quantitative estimate of drug-likeness (QED) is 0.417. The molecule has 1 aromatic heterocycles. The van der Waals surface area contributed by atoms with Crippen LogP contribution in [0, 0.1) is 11.8 Å². The van der Waals surface area contributed by atoms with Crippen molar-refractivity contribution in [3.05, 3.63) is 35.7 Å². The Morgan fingerprint density at radius 1 is 1.25 bits per heavy atom. The van der Waals surface area contributed by atoms with E-state index < -0.39 is 54.4 Å². The molecule has 3 N–H and O–H groups in total. The van der Waals surface area contributed by atoms with Crippen LogP contribution in [0.1, 0.15) is 53.5 Å². The van der Waals surface area contributed by atoms with Crippen LogP contribution in [0.25, 0.3) is 0 Å². The number of urea groups is 1. The number of ether oxygens (including phenoxy) is 2. The van der Waals surface area contributed by atoms with Gasteiger partial charge in [0.15, 0.2) is 0 Å². The van der Waals surface area contributed by atoms with Gasteiger partial charge in [-0.3, -0.25) is 9.59 Å². The fraction of sp³-hybridized carbons (Fsp3) is 0.630. The molecule has 3 rings (SSSR count). The molecule has 1 aromatic rings. The van der Waals surface area contributed by atoms with E-state index in [4.69, 9.17) is 9.47 Å². The van der Waals surface area contributed by atoms with E-state index in [9.17, 15) is 27.6 Å². The number of hydrogen-bond donors (Lipinski definition) is 3. The molecule has 4 atom stereocenters. The third kappa shape index (κ3) is 8.33. The van der Waals surface area contributed by atoms with Crippen LogP contribution in [0.4, 0.5) is 23.8 Å². The summed E-state index contributed by atoms with van der Waals surface area (Å²) in [5.41, 5.74) is 0.300. The maximum Gasteiger partial charge on any atom is 0.410 e. The predicted molar refractivity (Wildman–Crippen MR) is 141 cm³/mol. The third-order valence-electron chi connectivity index (χ3n) is 6.63. The summed E-state index contributed by atoms with van der Waals surface area (Å²) in [6, 6.07) is -0.886. The maximum absolute atomic E-state index is 13.4. The lowest BCUT2D eigenvalue weighted by atomic mass is 9.84. The molecule has 13 heteroatoms. The van der Waals surface area contributed by atoms with Crippen molar-refractivity contribution >= 4 is 23.7 Å². The van der Waals surface area contributed by atoms with Gasteiger partial charge in [0.2, 0.25) is 0 Å². The molecule has 40 heavy (non-hydrogen) atoms. The first-order valence-electron chi connectivity index (χ1n) is 13.2. The summed E-state index contributed by atoms with van der Waals surface area (Å²) in [6.07, 6.45) is -1.79. The Labute approximate surface area is 232 Å². The highest BCUT2D eigenvalue weighted by Gasteiger charge is 2.46. The van der Waals surface area contributed by atoms with E-state index in [1.165, 1.54) is 24.6 Å². The summed E-state index contributed by atoms with van der Waals surface area (Å²) in [7, 11) is 0. The number of pyridine rings is 1. The molecule has 1 saturated heterocycles. The first-order valence-corrected chi connectivity index (χ1v) is 13.2. The third-order valence-corrected chi connectivity index (χ3v) is 6.63. The standard InChI is InChI=1S/C27H38F3N5O5/c1-15(2)18-8-10-39-14-19(18)23(36)34-22(16(3)40-26(4,5)6)24(37)33-21-11-17(7-9-31-21)12-35-13-20(27(28,29)30)32-25(35)38/h7,9,11,14-16,18,20,22H,8,10,12-13H2,1-6H3,(H,32,38)(H,34,36)(H,31,33,37)/t16-,18?,20+,22+/m1/s1. The molecule has 222 valence electrons. The molecule has 2 aliphatic rings. The summed E-state index contributed by atoms with van der Waals surface area (Å²) in [5.74, 6) is -0.771. The number of nitrogens with one attached hydrogen (secondary N) is 3. The van der Waals surface area contributed by atoms with Crippen LogP contribution >= 0.6 is 0 Å². The molecule has 0 bridgehead atoms. The number of carbonyl (C=O) groups is 3. The number of aromatic nitrogens is 1. The monoisotopic (exact) mass is 569 g/mol. The summed E-state index contributed by atoms with van der Waals surface area (Å²) < 4.78 is 50.5. The molecule has 2 aliphatic heterocycles. The highest BCUT2D eigenvalue weighted by Crippen LogP contribution is 2.28. The van der Waals surface area contributed by atoms with Crippen LogP contribution in [-0.4, -0.2) is 70.8 Å². The Hall–Kier alpha value is -3.35. The number of nitrogens with zero attached hydrogens (tertiary/aromatic N) is 2. The lowest BCUT2D eigenvalue weighted by Crippen LogP contribution is -2.53. The van der Waals surface area contributed by atoms with Crippen molar-refractivity contribution in [3.8, 4) is 0 Å². The molecule has 0 radical (unpaired) electrons. The van der Waals surface area contributed by atoms with E-state index in [1.807, 2.05) is 39.9 Å². The Morgan fingerprint density at radius 2 is 1.95 bits per heavy atom. The van der Waals surface area contributed by atoms with E-state index in [0.29, 0.717) is 24.2 Å². The number of rotatable bonds is 9. The SMILES string of the molecule is CC(C)C1CCOC=C1C(=O)N[C@H](C(=O)Nc1cc(CN2C[C@@H](C(F)(F)F)NC2=O)ccn1)[C@@H](C)OC(C)(C)C. The molecule has 10 nitrogen and oxygen atoms in total. The van der Waals surface area contributed by atoms with Gasteiger partial charge in [-0.1, -0.05) is 13.8 Å². The van der Waals surface area contributed by atoms with Gasteiger partial charge in [-0.15, -0.1) is 0 Å². The van der Waals surface area contributed by atoms with Crippen molar-refractivity contribution < 1.29 is 37.0 Å². The first-order chi connectivity index (χ1) is 18.5. The largest absolute Gasteiger partial charge is 0.501 e. The molecule has 0 saturated carbocycles. The molecule has 4 amide bonds. The minimum Gasteiger partial charge on any atom is -0.501 e. The van der Waals surface area contributed by atoms with Crippen molar-refractivity contribution in [2.24, 2.45) is 11.8 Å². The van der Waals surface area contributed by atoms with E-state index in [1.54, 1.807) is 6.92 Å². The molecule has 1 unspecified atom stereocenters. The lowest BCUT2D eigenvalue weighted by molar-refractivity contribution is -0.149. The fourth-order valence-electron chi connectivity index (χ4n) is 4.72. The second kappa shape index (κ2) is 12.4. The van der Waals surface area contributed by atoms with Gasteiger partial charge in [0.05, 0.1) is 36.7 Å². The molecular weight excluding hydrogens is 531 g/mol. The van der Waals surface area contributed by atoms with Crippen LogP contribution < -0.4 is 16.0 Å². The molecule has 1 fully saturated rings. The minimum absolute atomic E-state index is 0.0330. The Balaban J connectivity index is 1.75. The normalized spacial score (nSPS) is 21.3. The molecule has 0 aliphatic carbocycles. The van der Waals surface area contributed by atoms with Crippen LogP contribution in [0.3, 0.4) is 0 Å². The van der Waals surface area contributed by atoms with Crippen molar-refractivity contribution in [3.63, 3.8) is 0 Å². The summed E-state index contributed by atoms with van der Waals surface area (Å²) in [6.45, 7) is 11.1. The van der Waals surface area contributed by atoms with E-state index in [-0.39, 0.29) is 24.2 Å². The van der Waals surface area contributed by atoms with Gasteiger partial charge in [0, 0.05) is 12.7 Å². The van der Waals surface area contributed by atoms with Gasteiger partial charge in [0.25, 0.3) is 11.8 Å². The lowest BCUT2D eigenvalue weighted by Gasteiger charge is -2.32. The van der Waals surface area contributed by atoms with Gasteiger partial charge in [0.1, 0.15) is 17.9 Å². The average Bonchev–Trinajstić information content (AvgIpc) is 3.22. The zero-order valence-corrected chi connectivity index (χ0v) is 23.6. The first kappa shape index (κ1) is 31.2. The van der Waals surface area contributed by atoms with Crippen molar-refractivity contribution in [1.82, 2.24) is 20.5 Å². The fourth-order valence-corrected chi connectivity index (χ4v) is 4.72. The zero-order valence-electron chi connectivity index (χ0n) is 23.6. The number of anilines is 1. The van der Waals surface area contributed by atoms with Gasteiger partial charge < -0.3 is 30.3 Å². The Morgan fingerprint density at radius 3 is 2.55 bits per heavy atom. The van der Waals surface area contributed by atoms with E-state index in [0.717, 1.165) is 4.90 Å². The number of hydrogen-bond acceptors (Lipinski definition) is 6. The van der Waals surface area contributed by atoms with Crippen LogP contribution in [-0.2, 0) is 25.6 Å². The topological polar surface area (TPSA) is 122 Å². The zero-order chi connectivity index (χ0) is 29.8. The highest BCUT2D eigenvalue weighted by atomic mass is 19.4. The van der Waals surface area contributed by atoms with Gasteiger partial charge in [-0.05, 0) is 63.6 Å².